The number of nitrogens with one attached hydrogen (secondary N) is 1. The first-order valence-electron chi connectivity index (χ1n) is 4.83. The minimum atomic E-state index is -0.453. The van der Waals surface area contributed by atoms with Crippen molar-refractivity contribution in [3.8, 4) is 5.75 Å². The number of carbonyl (C=O) groups excluding carboxylic acids is 1. The van der Waals surface area contributed by atoms with Crippen LogP contribution in [0.25, 0.3) is 0 Å². The van der Waals surface area contributed by atoms with E-state index in [-0.39, 0.29) is 11.3 Å². The fourth-order valence-corrected chi connectivity index (χ4v) is 1.82. The Kier molecular flexibility index (Phi) is 3.93. The molecule has 0 spiro atoms. The average Bonchev–Trinajstić information content (AvgIpc) is 2.35. The molecule has 2 rings (SSSR count). The fraction of sp³-hybridized carbons (Fsp3) is 0. The maximum absolute atomic E-state index is 11.9. The zero-order valence-corrected chi connectivity index (χ0v) is 12.1. The number of halogens is 2. The molecule has 1 amide bonds. The Bertz CT molecular complexity index is 587. The van der Waals surface area contributed by atoms with E-state index in [0.717, 1.165) is 0 Å². The third-order valence-electron chi connectivity index (χ3n) is 2.07. The van der Waals surface area contributed by atoms with Crippen LogP contribution in [0.4, 0.5) is 5.82 Å². The van der Waals surface area contributed by atoms with Crippen molar-refractivity contribution in [1.29, 1.82) is 0 Å². The molecule has 0 aliphatic rings. The molecule has 0 aliphatic carbocycles. The molecule has 0 unspecified atom stereocenters. The monoisotopic (exact) mass is 371 g/mol. The topological polar surface area (TPSA) is 75.1 Å². The van der Waals surface area contributed by atoms with Crippen molar-refractivity contribution >= 4 is 43.6 Å². The van der Waals surface area contributed by atoms with Crippen LogP contribution in [-0.2, 0) is 0 Å². The molecule has 0 aliphatic heterocycles. The highest BCUT2D eigenvalue weighted by Crippen LogP contribution is 2.22. The van der Waals surface area contributed by atoms with Gasteiger partial charge in [0, 0.05) is 4.47 Å². The number of nitrogens with zero attached hydrogens (tertiary/aromatic N) is 2. The van der Waals surface area contributed by atoms with Crippen LogP contribution in [0.2, 0.25) is 0 Å². The quantitative estimate of drug-likeness (QED) is 0.849. The molecule has 0 saturated heterocycles. The minimum Gasteiger partial charge on any atom is -0.507 e. The van der Waals surface area contributed by atoms with Crippen molar-refractivity contribution in [3.05, 3.63) is 45.2 Å². The first kappa shape index (κ1) is 13.0. The van der Waals surface area contributed by atoms with Crippen LogP contribution in [0.5, 0.6) is 5.75 Å². The van der Waals surface area contributed by atoms with Gasteiger partial charge >= 0.3 is 0 Å². The van der Waals surface area contributed by atoms with Gasteiger partial charge in [-0.05, 0) is 34.1 Å². The normalized spacial score (nSPS) is 10.1. The second-order valence-electron chi connectivity index (χ2n) is 3.34. The third-order valence-corrected chi connectivity index (χ3v) is 2.97. The number of hydrogen-bond acceptors (Lipinski definition) is 4. The van der Waals surface area contributed by atoms with E-state index in [0.29, 0.717) is 14.9 Å². The molecule has 2 aromatic rings. The van der Waals surface area contributed by atoms with Crippen LogP contribution >= 0.6 is 31.9 Å². The van der Waals surface area contributed by atoms with Crippen LogP contribution in [0.1, 0.15) is 10.4 Å². The van der Waals surface area contributed by atoms with Gasteiger partial charge in [-0.3, -0.25) is 4.79 Å². The Labute approximate surface area is 120 Å². The highest BCUT2D eigenvalue weighted by Gasteiger charge is 2.12. The van der Waals surface area contributed by atoms with Crippen molar-refractivity contribution in [3.63, 3.8) is 0 Å². The van der Waals surface area contributed by atoms with Crippen molar-refractivity contribution in [2.45, 2.75) is 0 Å². The van der Waals surface area contributed by atoms with E-state index in [4.69, 9.17) is 0 Å². The van der Waals surface area contributed by atoms with Gasteiger partial charge in [0.05, 0.1) is 18.0 Å². The number of phenolic OH excluding ortho intramolecular Hbond substituents is 1. The summed E-state index contributed by atoms with van der Waals surface area (Å²) < 4.78 is 1.28. The maximum atomic E-state index is 11.9. The van der Waals surface area contributed by atoms with Crippen LogP contribution in [0, 0.1) is 0 Å². The highest BCUT2D eigenvalue weighted by molar-refractivity contribution is 9.10. The molecule has 1 aromatic heterocycles. The lowest BCUT2D eigenvalue weighted by Crippen LogP contribution is -2.13. The summed E-state index contributed by atoms with van der Waals surface area (Å²) in [5.74, 6) is -0.242. The van der Waals surface area contributed by atoms with Crippen LogP contribution in [0.3, 0.4) is 0 Å². The Hall–Kier alpha value is -1.47. The number of hydrogen-bond donors (Lipinski definition) is 2. The van der Waals surface area contributed by atoms with Gasteiger partial charge in [0.15, 0.2) is 5.82 Å². The van der Waals surface area contributed by atoms with E-state index in [1.807, 2.05) is 0 Å². The molecule has 0 bridgehead atoms. The van der Waals surface area contributed by atoms with E-state index in [1.165, 1.54) is 24.5 Å². The van der Waals surface area contributed by atoms with E-state index >= 15 is 0 Å². The summed E-state index contributed by atoms with van der Waals surface area (Å²) in [6.45, 7) is 0. The minimum absolute atomic E-state index is 0.0965. The van der Waals surface area contributed by atoms with Gasteiger partial charge < -0.3 is 10.4 Å². The smallest absolute Gasteiger partial charge is 0.260 e. The molecule has 18 heavy (non-hydrogen) atoms. The van der Waals surface area contributed by atoms with Gasteiger partial charge in [-0.15, -0.1) is 0 Å². The Morgan fingerprint density at radius 3 is 2.67 bits per heavy atom. The second-order valence-corrected chi connectivity index (χ2v) is 5.07. The first-order chi connectivity index (χ1) is 8.56. The number of carbonyl (C=O) groups is 1. The first-order valence-corrected chi connectivity index (χ1v) is 6.42. The number of aromatic hydroxyl groups is 1. The van der Waals surface area contributed by atoms with E-state index in [1.54, 1.807) is 6.07 Å². The van der Waals surface area contributed by atoms with Gasteiger partial charge in [0.1, 0.15) is 10.4 Å². The van der Waals surface area contributed by atoms with E-state index < -0.39 is 5.91 Å². The lowest BCUT2D eigenvalue weighted by atomic mass is 10.2. The summed E-state index contributed by atoms with van der Waals surface area (Å²) in [6.07, 6.45) is 2.88. The molecule has 1 aromatic carbocycles. The van der Waals surface area contributed by atoms with E-state index in [9.17, 15) is 9.90 Å². The van der Waals surface area contributed by atoms with Gasteiger partial charge in [-0.1, -0.05) is 15.9 Å². The average molecular weight is 373 g/mol. The van der Waals surface area contributed by atoms with Crippen molar-refractivity contribution in [2.75, 3.05) is 5.32 Å². The lowest BCUT2D eigenvalue weighted by molar-refractivity contribution is 0.102. The predicted molar refractivity (Wildman–Crippen MR) is 73.5 cm³/mol. The van der Waals surface area contributed by atoms with Gasteiger partial charge in [0.25, 0.3) is 5.91 Å². The Morgan fingerprint density at radius 1 is 1.22 bits per heavy atom. The molecular weight excluding hydrogens is 366 g/mol. The van der Waals surface area contributed by atoms with Crippen LogP contribution in [0.15, 0.2) is 39.7 Å². The van der Waals surface area contributed by atoms with Crippen LogP contribution < -0.4 is 5.32 Å². The molecular formula is C11H7Br2N3O2. The number of phenols is 1. The van der Waals surface area contributed by atoms with Crippen molar-refractivity contribution < 1.29 is 9.90 Å². The molecule has 1 heterocycles. The van der Waals surface area contributed by atoms with Gasteiger partial charge in [-0.2, -0.15) is 0 Å². The summed E-state index contributed by atoms with van der Waals surface area (Å²) in [4.78, 5) is 19.8. The fourth-order valence-electron chi connectivity index (χ4n) is 1.25. The Morgan fingerprint density at radius 2 is 2.00 bits per heavy atom. The maximum Gasteiger partial charge on any atom is 0.260 e. The van der Waals surface area contributed by atoms with Crippen LogP contribution in [-0.4, -0.2) is 21.0 Å². The summed E-state index contributed by atoms with van der Waals surface area (Å²) in [5.41, 5.74) is 0.161. The summed E-state index contributed by atoms with van der Waals surface area (Å²) in [5, 5.41) is 12.1. The molecule has 0 atom stereocenters. The molecule has 0 radical (unpaired) electrons. The van der Waals surface area contributed by atoms with Gasteiger partial charge in [0.2, 0.25) is 0 Å². The number of benzene rings is 1. The number of anilines is 1. The molecule has 2 N–H and O–H groups in total. The molecule has 0 saturated carbocycles. The SMILES string of the molecule is O=C(Nc1cnc(Br)cn1)c1cc(Br)ccc1O. The zero-order valence-electron chi connectivity index (χ0n) is 8.89. The third kappa shape index (κ3) is 3.05. The van der Waals surface area contributed by atoms with Gasteiger partial charge in [-0.25, -0.2) is 9.97 Å². The highest BCUT2D eigenvalue weighted by atomic mass is 79.9. The van der Waals surface area contributed by atoms with Crippen molar-refractivity contribution in [2.24, 2.45) is 0 Å². The Balaban J connectivity index is 2.21. The molecule has 5 nitrogen and oxygen atoms in total. The molecule has 7 heteroatoms. The second kappa shape index (κ2) is 5.45. The molecule has 92 valence electrons. The predicted octanol–water partition coefficient (Wildman–Crippen LogP) is 2.96. The number of amides is 1. The number of rotatable bonds is 2. The zero-order chi connectivity index (χ0) is 13.1. The molecule has 0 fully saturated rings. The number of aromatic nitrogens is 2. The standard InChI is InChI=1S/C11H7Br2N3O2/c12-6-1-2-8(17)7(3-6)11(18)16-10-5-14-9(13)4-15-10/h1-5,17H,(H,15,16,18). The summed E-state index contributed by atoms with van der Waals surface area (Å²) in [7, 11) is 0. The lowest BCUT2D eigenvalue weighted by Gasteiger charge is -2.06. The van der Waals surface area contributed by atoms with Crippen molar-refractivity contribution in [1.82, 2.24) is 9.97 Å². The van der Waals surface area contributed by atoms with E-state index in [2.05, 4.69) is 47.1 Å². The largest absolute Gasteiger partial charge is 0.507 e. The summed E-state index contributed by atoms with van der Waals surface area (Å²) >= 11 is 6.38. The summed E-state index contributed by atoms with van der Waals surface area (Å²) in [6, 6.07) is 4.61.